The molecule has 4 aliphatic rings. The molecule has 3 heteroatoms. The van der Waals surface area contributed by atoms with Gasteiger partial charge >= 0.3 is 5.97 Å². The van der Waals surface area contributed by atoms with Crippen molar-refractivity contribution in [2.45, 2.75) is 44.9 Å². The van der Waals surface area contributed by atoms with Gasteiger partial charge in [-0.25, -0.2) is 0 Å². The summed E-state index contributed by atoms with van der Waals surface area (Å²) in [4.78, 5) is 25.4. The van der Waals surface area contributed by atoms with Gasteiger partial charge in [0, 0.05) is 5.41 Å². The monoisotopic (exact) mass is 362 g/mol. The third kappa shape index (κ3) is 3.07. The molecular formula is C24H26O3. The molecule has 0 spiro atoms. The van der Waals surface area contributed by atoms with Crippen LogP contribution in [0.3, 0.4) is 0 Å². The van der Waals surface area contributed by atoms with Crippen molar-refractivity contribution in [1.82, 2.24) is 0 Å². The van der Waals surface area contributed by atoms with E-state index in [4.69, 9.17) is 4.74 Å². The maximum Gasteiger partial charge on any atom is 0.310 e. The summed E-state index contributed by atoms with van der Waals surface area (Å²) in [6.07, 6.45) is 7.24. The number of carbonyl (C=O) groups excluding carboxylic acids is 2. The fourth-order valence-electron chi connectivity index (χ4n) is 6.40. The number of benzene rings is 2. The molecule has 0 aromatic heterocycles. The lowest BCUT2D eigenvalue weighted by Gasteiger charge is -2.55. The lowest BCUT2D eigenvalue weighted by atomic mass is 9.48. The molecular weight excluding hydrogens is 336 g/mol. The molecule has 0 amide bonds. The van der Waals surface area contributed by atoms with Crippen LogP contribution in [0.25, 0.3) is 10.8 Å². The van der Waals surface area contributed by atoms with Crippen LogP contribution in [0.1, 0.15) is 44.1 Å². The Balaban J connectivity index is 1.24. The average molecular weight is 362 g/mol. The number of carbonyl (C=O) groups is 2. The normalized spacial score (nSPS) is 31.2. The van der Waals surface area contributed by atoms with E-state index in [2.05, 4.69) is 0 Å². The molecule has 6 rings (SSSR count). The summed E-state index contributed by atoms with van der Waals surface area (Å²) in [5.74, 6) is 2.06. The van der Waals surface area contributed by atoms with Crippen LogP contribution in [0.5, 0.6) is 0 Å². The molecule has 27 heavy (non-hydrogen) atoms. The van der Waals surface area contributed by atoms with Crippen molar-refractivity contribution in [2.24, 2.45) is 23.2 Å². The molecule has 2 aromatic rings. The van der Waals surface area contributed by atoms with Crippen LogP contribution in [0, 0.1) is 23.2 Å². The molecule has 140 valence electrons. The average Bonchev–Trinajstić information content (AvgIpc) is 2.65. The Morgan fingerprint density at radius 1 is 0.889 bits per heavy atom. The number of Topliss-reactive ketones (excluding diaryl/α,β-unsaturated/α-hetero) is 1. The molecule has 2 aromatic carbocycles. The van der Waals surface area contributed by atoms with E-state index in [1.165, 1.54) is 19.3 Å². The highest BCUT2D eigenvalue weighted by atomic mass is 16.5. The van der Waals surface area contributed by atoms with Gasteiger partial charge in [-0.2, -0.15) is 0 Å². The third-order valence-electron chi connectivity index (χ3n) is 7.21. The van der Waals surface area contributed by atoms with Gasteiger partial charge < -0.3 is 4.74 Å². The van der Waals surface area contributed by atoms with Gasteiger partial charge in [0.1, 0.15) is 0 Å². The largest absolute Gasteiger partial charge is 0.457 e. The van der Waals surface area contributed by atoms with Crippen molar-refractivity contribution < 1.29 is 14.3 Å². The van der Waals surface area contributed by atoms with Gasteiger partial charge in [0.25, 0.3) is 0 Å². The van der Waals surface area contributed by atoms with E-state index in [1.54, 1.807) is 0 Å². The molecule has 4 saturated carbocycles. The number of ether oxygens (including phenoxy) is 1. The van der Waals surface area contributed by atoms with Crippen LogP contribution in [-0.2, 0) is 20.7 Å². The summed E-state index contributed by atoms with van der Waals surface area (Å²) in [6, 6.07) is 14.0. The molecule has 0 saturated heterocycles. The number of hydrogen-bond donors (Lipinski definition) is 0. The van der Waals surface area contributed by atoms with Crippen LogP contribution < -0.4 is 0 Å². The number of hydrogen-bond acceptors (Lipinski definition) is 3. The Morgan fingerprint density at radius 3 is 2.22 bits per heavy atom. The third-order valence-corrected chi connectivity index (χ3v) is 7.21. The first-order chi connectivity index (χ1) is 13.1. The Bertz CT molecular complexity index is 857. The molecule has 3 nitrogen and oxygen atoms in total. The van der Waals surface area contributed by atoms with Crippen LogP contribution >= 0.6 is 0 Å². The van der Waals surface area contributed by atoms with Gasteiger partial charge in [-0.15, -0.1) is 0 Å². The molecule has 4 aliphatic carbocycles. The smallest absolute Gasteiger partial charge is 0.310 e. The summed E-state index contributed by atoms with van der Waals surface area (Å²) in [5, 5.41) is 2.19. The lowest BCUT2D eigenvalue weighted by molar-refractivity contribution is -0.157. The molecule has 0 unspecified atom stereocenters. The molecule has 4 bridgehead atoms. The van der Waals surface area contributed by atoms with Crippen LogP contribution in [-0.4, -0.2) is 18.4 Å². The minimum Gasteiger partial charge on any atom is -0.457 e. The minimum absolute atomic E-state index is 0.0459. The minimum atomic E-state index is -0.301. The second-order valence-corrected chi connectivity index (χ2v) is 9.10. The summed E-state index contributed by atoms with van der Waals surface area (Å²) in [5.41, 5.74) is 0.773. The zero-order valence-electron chi connectivity index (χ0n) is 15.7. The first-order valence-electron chi connectivity index (χ1n) is 10.3. The quantitative estimate of drug-likeness (QED) is 0.724. The van der Waals surface area contributed by atoms with Crippen LogP contribution in [0.15, 0.2) is 42.5 Å². The summed E-state index contributed by atoms with van der Waals surface area (Å²) < 4.78 is 5.46. The molecule has 0 aliphatic heterocycles. The maximum absolute atomic E-state index is 13.0. The summed E-state index contributed by atoms with van der Waals surface area (Å²) >= 11 is 0. The lowest BCUT2D eigenvalue weighted by Crippen LogP contribution is -2.51. The van der Waals surface area contributed by atoms with Crippen molar-refractivity contribution in [3.05, 3.63) is 48.0 Å². The van der Waals surface area contributed by atoms with E-state index >= 15 is 0 Å². The van der Waals surface area contributed by atoms with E-state index in [0.717, 1.165) is 53.4 Å². The summed E-state index contributed by atoms with van der Waals surface area (Å²) in [6.45, 7) is -0.0459. The molecule has 0 N–H and O–H groups in total. The Labute approximate surface area is 160 Å². The van der Waals surface area contributed by atoms with Gasteiger partial charge in [-0.1, -0.05) is 42.5 Å². The van der Waals surface area contributed by atoms with Crippen molar-refractivity contribution in [3.8, 4) is 0 Å². The second kappa shape index (κ2) is 6.47. The van der Waals surface area contributed by atoms with E-state index in [1.807, 2.05) is 42.5 Å². The van der Waals surface area contributed by atoms with Gasteiger partial charge in [-0.05, 0) is 72.6 Å². The molecule has 0 heterocycles. The fraction of sp³-hybridized carbons (Fsp3) is 0.500. The Hall–Kier alpha value is -2.16. The highest BCUT2D eigenvalue weighted by molar-refractivity contribution is 5.91. The second-order valence-electron chi connectivity index (χ2n) is 9.10. The Kier molecular flexibility index (Phi) is 4.07. The zero-order chi connectivity index (χ0) is 18.4. The van der Waals surface area contributed by atoms with Crippen molar-refractivity contribution in [2.75, 3.05) is 6.61 Å². The standard InChI is InChI=1S/C24H26O3/c25-22(24-12-16-8-17(13-24)10-18(9-16)14-24)15-27-23(26)11-20-6-3-5-19-4-1-2-7-21(19)20/h1-7,16-18H,8-15H2. The first-order valence-corrected chi connectivity index (χ1v) is 10.3. The number of fused-ring (bicyclic) bond motifs is 1. The van der Waals surface area contributed by atoms with Crippen molar-refractivity contribution in [3.63, 3.8) is 0 Å². The number of esters is 1. The fourth-order valence-corrected chi connectivity index (χ4v) is 6.40. The van der Waals surface area contributed by atoms with E-state index in [0.29, 0.717) is 0 Å². The predicted molar refractivity (Wildman–Crippen MR) is 104 cm³/mol. The van der Waals surface area contributed by atoms with Gasteiger partial charge in [-0.3, -0.25) is 9.59 Å². The van der Waals surface area contributed by atoms with Gasteiger partial charge in [0.15, 0.2) is 12.4 Å². The number of ketones is 1. The van der Waals surface area contributed by atoms with E-state index in [9.17, 15) is 9.59 Å². The molecule has 0 atom stereocenters. The highest BCUT2D eigenvalue weighted by Gasteiger charge is 2.54. The highest BCUT2D eigenvalue weighted by Crippen LogP contribution is 2.60. The van der Waals surface area contributed by atoms with Gasteiger partial charge in [0.05, 0.1) is 6.42 Å². The first kappa shape index (κ1) is 17.0. The van der Waals surface area contributed by atoms with E-state index in [-0.39, 0.29) is 30.2 Å². The SMILES string of the molecule is O=C(Cc1cccc2ccccc12)OCC(=O)C12CC3CC(CC(C3)C1)C2. The van der Waals surface area contributed by atoms with Crippen LogP contribution in [0.2, 0.25) is 0 Å². The topological polar surface area (TPSA) is 43.4 Å². The van der Waals surface area contributed by atoms with Crippen molar-refractivity contribution in [1.29, 1.82) is 0 Å². The maximum atomic E-state index is 13.0. The molecule has 0 radical (unpaired) electrons. The van der Waals surface area contributed by atoms with Crippen LogP contribution in [0.4, 0.5) is 0 Å². The van der Waals surface area contributed by atoms with Crippen molar-refractivity contribution >= 4 is 22.5 Å². The molecule has 4 fully saturated rings. The zero-order valence-corrected chi connectivity index (χ0v) is 15.7. The number of rotatable bonds is 5. The summed E-state index contributed by atoms with van der Waals surface area (Å²) in [7, 11) is 0. The van der Waals surface area contributed by atoms with Gasteiger partial charge in [0.2, 0.25) is 0 Å². The Morgan fingerprint density at radius 2 is 1.52 bits per heavy atom. The van der Waals surface area contributed by atoms with E-state index < -0.39 is 0 Å². The predicted octanol–water partition coefficient (Wildman–Crippen LogP) is 4.71.